The molecule has 4 atom stereocenters. The Hall–Kier alpha value is -2.44. The second-order valence-corrected chi connectivity index (χ2v) is 8.97. The predicted octanol–water partition coefficient (Wildman–Crippen LogP) is -3.83. The normalized spacial score (nSPS) is 22.0. The summed E-state index contributed by atoms with van der Waals surface area (Å²) in [5.74, 6) is 0. The number of hydrogen-bond acceptors (Lipinski definition) is 8. The van der Waals surface area contributed by atoms with Crippen LogP contribution in [0.5, 0.6) is 0 Å². The van der Waals surface area contributed by atoms with Gasteiger partial charge in [-0.1, -0.05) is 29.3 Å². The van der Waals surface area contributed by atoms with E-state index in [1.165, 1.54) is 12.1 Å². The predicted molar refractivity (Wildman–Crippen MR) is 121 cm³/mol. The molecule has 34 heavy (non-hydrogen) atoms. The van der Waals surface area contributed by atoms with Gasteiger partial charge in [-0.2, -0.15) is 0 Å². The van der Waals surface area contributed by atoms with Crippen LogP contribution in [0.3, 0.4) is 0 Å². The number of aliphatic hydroxyl groups excluding tert-OH is 3. The monoisotopic (exact) mass is 530 g/mol. The quantitative estimate of drug-likeness (QED) is 0.296. The van der Waals surface area contributed by atoms with E-state index in [1.54, 1.807) is 19.1 Å². The van der Waals surface area contributed by atoms with Gasteiger partial charge in [0.25, 0.3) is 5.56 Å². The van der Waals surface area contributed by atoms with Gasteiger partial charge in [0.05, 0.1) is 27.5 Å². The van der Waals surface area contributed by atoms with Crippen LogP contribution in [0.15, 0.2) is 50.4 Å². The molecule has 1 aromatic heterocycles. The summed E-state index contributed by atoms with van der Waals surface area (Å²) in [5.41, 5.74) is -1.46. The number of aromatic amines is 1. The van der Waals surface area contributed by atoms with Crippen molar-refractivity contribution in [3.05, 3.63) is 67.8 Å². The minimum atomic E-state index is -4.00. The third kappa shape index (κ3) is 6.57. The van der Waals surface area contributed by atoms with Crippen molar-refractivity contribution in [3.8, 4) is 0 Å². The van der Waals surface area contributed by atoms with Crippen molar-refractivity contribution in [2.24, 2.45) is 0 Å². The molecule has 0 radical (unpaired) electrons. The summed E-state index contributed by atoms with van der Waals surface area (Å²) in [7, 11) is -4.00. The van der Waals surface area contributed by atoms with Crippen LogP contribution in [-0.2, 0) is 14.6 Å². The number of nitrogens with one attached hydrogen (secondary N) is 1. The van der Waals surface area contributed by atoms with Crippen LogP contribution in [0, 0.1) is 6.92 Å². The fourth-order valence-electron chi connectivity index (χ4n) is 2.95. The zero-order valence-corrected chi connectivity index (χ0v) is 19.2. The molecule has 0 unspecified atom stereocenters. The van der Waals surface area contributed by atoms with Crippen LogP contribution in [0.4, 0.5) is 0 Å². The Bertz CT molecular complexity index is 1190. The highest BCUT2D eigenvalue weighted by molar-refractivity contribution is 7.94. The van der Waals surface area contributed by atoms with Gasteiger partial charge in [-0.25, -0.2) is 13.2 Å². The minimum absolute atomic E-state index is 0. The van der Waals surface area contributed by atoms with E-state index in [2.05, 4.69) is 0 Å². The SMILES string of the molecule is Cc1ccc(S(=O)(=O)/C=C(/Cl)c2cn([C@@H]3O[C@H](CO)[C@@H](O)[C@H]3O)c(=O)[nH]c2=O)cc1.O.O.O.O. The number of aromatic nitrogens is 2. The molecule has 1 aliphatic heterocycles. The molecule has 1 saturated heterocycles. The summed E-state index contributed by atoms with van der Waals surface area (Å²) >= 11 is 6.08. The van der Waals surface area contributed by atoms with Gasteiger partial charge in [0.1, 0.15) is 18.3 Å². The topological polar surface area (TPSA) is 285 Å². The number of nitrogens with zero attached hydrogens (tertiary/aromatic N) is 1. The zero-order valence-electron chi connectivity index (χ0n) is 17.6. The number of benzene rings is 1. The maximum atomic E-state index is 12.6. The fraction of sp³-hybridized carbons (Fsp3) is 0.333. The maximum absolute atomic E-state index is 12.6. The Labute approximate surface area is 197 Å². The van der Waals surface area contributed by atoms with Crippen LogP contribution in [0.2, 0.25) is 0 Å². The molecule has 1 fully saturated rings. The minimum Gasteiger partial charge on any atom is -0.412 e. The van der Waals surface area contributed by atoms with Gasteiger partial charge < -0.3 is 42.0 Å². The average molecular weight is 531 g/mol. The summed E-state index contributed by atoms with van der Waals surface area (Å²) in [4.78, 5) is 26.3. The largest absolute Gasteiger partial charge is 0.412 e. The van der Waals surface area contributed by atoms with Crippen LogP contribution in [-0.4, -0.2) is 80.1 Å². The van der Waals surface area contributed by atoms with E-state index < -0.39 is 57.3 Å². The molecular formula is C18H27ClN2O12S. The highest BCUT2D eigenvalue weighted by Gasteiger charge is 2.43. The summed E-state index contributed by atoms with van der Waals surface area (Å²) < 4.78 is 31.1. The van der Waals surface area contributed by atoms with Crippen LogP contribution in [0.1, 0.15) is 17.4 Å². The maximum Gasteiger partial charge on any atom is 0.330 e. The summed E-state index contributed by atoms with van der Waals surface area (Å²) in [5, 5.41) is 29.4. The number of aryl methyl sites for hydroxylation is 1. The van der Waals surface area contributed by atoms with Crippen molar-refractivity contribution in [2.75, 3.05) is 6.61 Å². The lowest BCUT2D eigenvalue weighted by molar-refractivity contribution is -0.0550. The number of H-pyrrole nitrogens is 1. The Morgan fingerprint density at radius 3 is 2.18 bits per heavy atom. The van der Waals surface area contributed by atoms with Crippen LogP contribution in [0.25, 0.3) is 5.03 Å². The Morgan fingerprint density at radius 2 is 1.68 bits per heavy atom. The molecular weight excluding hydrogens is 504 g/mol. The van der Waals surface area contributed by atoms with Gasteiger partial charge in [0, 0.05) is 6.20 Å². The molecule has 14 nitrogen and oxygen atoms in total. The molecule has 0 amide bonds. The van der Waals surface area contributed by atoms with Gasteiger partial charge in [0.15, 0.2) is 6.23 Å². The van der Waals surface area contributed by atoms with Crippen molar-refractivity contribution in [1.82, 2.24) is 9.55 Å². The van der Waals surface area contributed by atoms with E-state index in [0.29, 0.717) is 5.41 Å². The first-order chi connectivity index (χ1) is 14.0. The summed E-state index contributed by atoms with van der Waals surface area (Å²) in [6, 6.07) is 5.97. The molecule has 2 heterocycles. The van der Waals surface area contributed by atoms with Crippen molar-refractivity contribution in [3.63, 3.8) is 0 Å². The first kappa shape index (κ1) is 33.7. The molecule has 0 spiro atoms. The number of aliphatic hydroxyl groups is 3. The van der Waals surface area contributed by atoms with Gasteiger partial charge in [0.2, 0.25) is 9.84 Å². The molecule has 194 valence electrons. The Morgan fingerprint density at radius 1 is 1.12 bits per heavy atom. The Kier molecular flexibility index (Phi) is 12.8. The first-order valence-corrected chi connectivity index (χ1v) is 10.6. The van der Waals surface area contributed by atoms with Crippen molar-refractivity contribution in [2.45, 2.75) is 36.4 Å². The summed E-state index contributed by atoms with van der Waals surface area (Å²) in [6.07, 6.45) is -4.73. The second-order valence-electron chi connectivity index (χ2n) is 6.76. The lowest BCUT2D eigenvalue weighted by atomic mass is 10.1. The van der Waals surface area contributed by atoms with Crippen molar-refractivity contribution < 1.29 is 50.4 Å². The molecule has 0 bridgehead atoms. The smallest absolute Gasteiger partial charge is 0.330 e. The number of ether oxygens (including phenoxy) is 1. The zero-order chi connectivity index (χ0) is 22.2. The van der Waals surface area contributed by atoms with Gasteiger partial charge >= 0.3 is 5.69 Å². The van der Waals surface area contributed by atoms with Crippen molar-refractivity contribution in [1.29, 1.82) is 0 Å². The first-order valence-electron chi connectivity index (χ1n) is 8.72. The highest BCUT2D eigenvalue weighted by Crippen LogP contribution is 2.29. The summed E-state index contributed by atoms with van der Waals surface area (Å²) in [6.45, 7) is 1.18. The van der Waals surface area contributed by atoms with Crippen molar-refractivity contribution >= 4 is 26.5 Å². The fourth-order valence-corrected chi connectivity index (χ4v) is 4.49. The number of sulfone groups is 1. The molecule has 12 N–H and O–H groups in total. The third-order valence-electron chi connectivity index (χ3n) is 4.62. The molecule has 3 rings (SSSR count). The van der Waals surface area contributed by atoms with Crippen LogP contribution >= 0.6 is 11.6 Å². The molecule has 1 aromatic carbocycles. The Balaban J connectivity index is 0. The third-order valence-corrected chi connectivity index (χ3v) is 6.54. The number of halogens is 1. The standard InChI is InChI=1S/C18H19ClN2O8S.4H2O/c1-9-2-4-10(5-3-9)30(27,28)8-12(19)11-6-21(18(26)20-16(11)25)17-15(24)14(23)13(7-22)29-17;;;;/h2-6,8,13-15,17,22-24H,7H2,1H3,(H,20,25,26);4*1H2/b12-8+;;;;/t13-,14-,15-,17-;;;;/m1..../s1. The molecule has 0 aliphatic carbocycles. The van der Waals surface area contributed by atoms with Gasteiger partial charge in [-0.05, 0) is 19.1 Å². The number of rotatable bonds is 5. The van der Waals surface area contributed by atoms with Gasteiger partial charge in [-0.15, -0.1) is 0 Å². The van der Waals surface area contributed by atoms with Crippen LogP contribution < -0.4 is 11.2 Å². The van der Waals surface area contributed by atoms with E-state index in [4.69, 9.17) is 16.3 Å². The molecule has 2 aromatic rings. The van der Waals surface area contributed by atoms with E-state index >= 15 is 0 Å². The number of hydrogen-bond donors (Lipinski definition) is 4. The lowest BCUT2D eigenvalue weighted by Crippen LogP contribution is -2.38. The molecule has 1 aliphatic rings. The lowest BCUT2D eigenvalue weighted by Gasteiger charge is -2.17. The highest BCUT2D eigenvalue weighted by atomic mass is 35.5. The van der Waals surface area contributed by atoms with E-state index in [1.807, 2.05) is 4.98 Å². The second kappa shape index (κ2) is 12.9. The molecule has 0 saturated carbocycles. The molecule has 16 heteroatoms. The average Bonchev–Trinajstić information content (AvgIpc) is 2.96. The van der Waals surface area contributed by atoms with Gasteiger partial charge in [-0.3, -0.25) is 14.3 Å². The van der Waals surface area contributed by atoms with E-state index in [9.17, 15) is 33.3 Å². The van der Waals surface area contributed by atoms with E-state index in [0.717, 1.165) is 16.3 Å². The van der Waals surface area contributed by atoms with E-state index in [-0.39, 0.29) is 32.4 Å².